The van der Waals surface area contributed by atoms with E-state index in [1.807, 2.05) is 37.4 Å². The molecule has 0 radical (unpaired) electrons. The molecule has 0 bridgehead atoms. The molecule has 1 saturated heterocycles. The number of esters is 2. The van der Waals surface area contributed by atoms with Crippen LogP contribution in [-0.4, -0.2) is 43.1 Å². The summed E-state index contributed by atoms with van der Waals surface area (Å²) in [5.41, 5.74) is -0.00934. The largest absolute Gasteiger partial charge is 0.456 e. The van der Waals surface area contributed by atoms with Crippen molar-refractivity contribution in [1.29, 1.82) is 0 Å². The number of nitrogens with zero attached hydrogens (tertiary/aromatic N) is 1. The standard InChI is InChI=1S/C23H33NO4/c1-3-21(25)28-23(19-13-9-6-10-14-19)15-16-24(2)17-20(23)27-22(26)18-11-7-4-5-8-12-18/h6,9-10,13-14,18,20H,3-5,7-8,11-12,15-17H2,1-2H3. The van der Waals surface area contributed by atoms with Crippen LogP contribution in [0.25, 0.3) is 0 Å². The number of ether oxygens (including phenoxy) is 2. The highest BCUT2D eigenvalue weighted by molar-refractivity contribution is 5.73. The quantitative estimate of drug-likeness (QED) is 0.563. The van der Waals surface area contributed by atoms with Gasteiger partial charge >= 0.3 is 11.9 Å². The van der Waals surface area contributed by atoms with E-state index in [4.69, 9.17) is 9.47 Å². The van der Waals surface area contributed by atoms with E-state index in [1.54, 1.807) is 6.92 Å². The van der Waals surface area contributed by atoms with E-state index in [2.05, 4.69) is 4.90 Å². The summed E-state index contributed by atoms with van der Waals surface area (Å²) in [6.45, 7) is 3.14. The molecule has 1 heterocycles. The molecule has 5 nitrogen and oxygen atoms in total. The van der Waals surface area contributed by atoms with Gasteiger partial charge in [0.1, 0.15) is 0 Å². The summed E-state index contributed by atoms with van der Waals surface area (Å²) >= 11 is 0. The van der Waals surface area contributed by atoms with Crippen LogP contribution in [0, 0.1) is 5.92 Å². The lowest BCUT2D eigenvalue weighted by Gasteiger charge is -2.45. The summed E-state index contributed by atoms with van der Waals surface area (Å²) in [7, 11) is 2.02. The second-order valence-corrected chi connectivity index (χ2v) is 8.21. The minimum atomic E-state index is -0.915. The van der Waals surface area contributed by atoms with Gasteiger partial charge in [-0.25, -0.2) is 0 Å². The van der Waals surface area contributed by atoms with E-state index in [0.717, 1.165) is 37.8 Å². The van der Waals surface area contributed by atoms with Gasteiger partial charge in [0, 0.05) is 25.9 Å². The van der Waals surface area contributed by atoms with Gasteiger partial charge < -0.3 is 14.4 Å². The molecule has 5 heteroatoms. The molecule has 154 valence electrons. The molecule has 2 aliphatic rings. The Balaban J connectivity index is 1.88. The Morgan fingerprint density at radius 3 is 2.43 bits per heavy atom. The molecule has 2 fully saturated rings. The smallest absolute Gasteiger partial charge is 0.309 e. The van der Waals surface area contributed by atoms with Crippen molar-refractivity contribution in [1.82, 2.24) is 4.90 Å². The number of piperidine rings is 1. The highest BCUT2D eigenvalue weighted by Gasteiger charge is 2.50. The number of likely N-dealkylation sites (tertiary alicyclic amines) is 1. The predicted molar refractivity (Wildman–Crippen MR) is 108 cm³/mol. The van der Waals surface area contributed by atoms with Crippen molar-refractivity contribution < 1.29 is 19.1 Å². The molecule has 2 unspecified atom stereocenters. The first-order chi connectivity index (χ1) is 13.5. The maximum Gasteiger partial charge on any atom is 0.309 e. The fraction of sp³-hybridized carbons (Fsp3) is 0.652. The summed E-state index contributed by atoms with van der Waals surface area (Å²) in [6, 6.07) is 9.78. The summed E-state index contributed by atoms with van der Waals surface area (Å²) in [5.74, 6) is -0.427. The number of likely N-dealkylation sites (N-methyl/N-ethyl adjacent to an activating group) is 1. The molecule has 2 atom stereocenters. The van der Waals surface area contributed by atoms with E-state index < -0.39 is 11.7 Å². The summed E-state index contributed by atoms with van der Waals surface area (Å²) in [5, 5.41) is 0. The predicted octanol–water partition coefficient (Wildman–Crippen LogP) is 4.05. The normalized spacial score (nSPS) is 27.0. The monoisotopic (exact) mass is 387 g/mol. The Morgan fingerprint density at radius 1 is 1.11 bits per heavy atom. The van der Waals surface area contributed by atoms with Crippen LogP contribution in [0.4, 0.5) is 0 Å². The van der Waals surface area contributed by atoms with Crippen LogP contribution in [0.2, 0.25) is 0 Å². The van der Waals surface area contributed by atoms with Crippen LogP contribution in [0.3, 0.4) is 0 Å². The first kappa shape index (κ1) is 20.8. The maximum absolute atomic E-state index is 13.0. The number of hydrogen-bond acceptors (Lipinski definition) is 5. The van der Waals surface area contributed by atoms with Crippen LogP contribution in [-0.2, 0) is 24.7 Å². The molecule has 1 aromatic rings. The van der Waals surface area contributed by atoms with Gasteiger partial charge in [0.2, 0.25) is 0 Å². The fourth-order valence-electron chi connectivity index (χ4n) is 4.43. The van der Waals surface area contributed by atoms with Gasteiger partial charge in [0.25, 0.3) is 0 Å². The zero-order valence-corrected chi connectivity index (χ0v) is 17.2. The molecule has 1 aliphatic heterocycles. The van der Waals surface area contributed by atoms with Crippen LogP contribution in [0.1, 0.15) is 63.9 Å². The van der Waals surface area contributed by atoms with E-state index in [9.17, 15) is 9.59 Å². The Morgan fingerprint density at radius 2 is 1.79 bits per heavy atom. The van der Waals surface area contributed by atoms with Crippen molar-refractivity contribution in [3.8, 4) is 0 Å². The van der Waals surface area contributed by atoms with Gasteiger partial charge in [-0.15, -0.1) is 0 Å². The lowest BCUT2D eigenvalue weighted by molar-refractivity contribution is -0.202. The van der Waals surface area contributed by atoms with Gasteiger partial charge in [-0.3, -0.25) is 9.59 Å². The van der Waals surface area contributed by atoms with Crippen LogP contribution >= 0.6 is 0 Å². The molecule has 28 heavy (non-hydrogen) atoms. The Kier molecular flexibility index (Phi) is 7.11. The minimum Gasteiger partial charge on any atom is -0.456 e. The van der Waals surface area contributed by atoms with E-state index in [1.165, 1.54) is 12.8 Å². The van der Waals surface area contributed by atoms with Gasteiger partial charge in [-0.1, -0.05) is 62.9 Å². The Labute approximate surface area is 168 Å². The number of rotatable bonds is 5. The first-order valence-electron chi connectivity index (χ1n) is 10.7. The van der Waals surface area contributed by atoms with Gasteiger partial charge in [0.05, 0.1) is 5.92 Å². The average molecular weight is 388 g/mol. The lowest BCUT2D eigenvalue weighted by Crippen LogP contribution is -2.56. The zero-order chi connectivity index (χ0) is 20.0. The molecule has 0 spiro atoms. The topological polar surface area (TPSA) is 55.8 Å². The third-order valence-electron chi connectivity index (χ3n) is 6.16. The fourth-order valence-corrected chi connectivity index (χ4v) is 4.43. The van der Waals surface area contributed by atoms with Crippen molar-refractivity contribution >= 4 is 11.9 Å². The van der Waals surface area contributed by atoms with Crippen molar-refractivity contribution in [3.05, 3.63) is 35.9 Å². The van der Waals surface area contributed by atoms with Crippen molar-refractivity contribution in [2.45, 2.75) is 70.0 Å². The van der Waals surface area contributed by atoms with E-state index in [0.29, 0.717) is 19.4 Å². The summed E-state index contributed by atoms with van der Waals surface area (Å²) in [6.07, 6.45) is 6.76. The second kappa shape index (κ2) is 9.55. The Hall–Kier alpha value is -1.88. The number of carbonyl (C=O) groups is 2. The van der Waals surface area contributed by atoms with Crippen molar-refractivity contribution in [3.63, 3.8) is 0 Å². The molecular formula is C23H33NO4. The Bertz CT molecular complexity index is 654. The summed E-state index contributed by atoms with van der Waals surface area (Å²) in [4.78, 5) is 27.5. The third kappa shape index (κ3) is 4.75. The highest BCUT2D eigenvalue weighted by atomic mass is 16.6. The van der Waals surface area contributed by atoms with Crippen LogP contribution in [0.5, 0.6) is 0 Å². The minimum absolute atomic E-state index is 0.0370. The molecule has 1 aliphatic carbocycles. The average Bonchev–Trinajstić information content (AvgIpc) is 3.00. The van der Waals surface area contributed by atoms with E-state index in [-0.39, 0.29) is 17.9 Å². The molecular weight excluding hydrogens is 354 g/mol. The first-order valence-corrected chi connectivity index (χ1v) is 10.7. The highest BCUT2D eigenvalue weighted by Crippen LogP contribution is 2.39. The van der Waals surface area contributed by atoms with E-state index >= 15 is 0 Å². The molecule has 1 aromatic carbocycles. The summed E-state index contributed by atoms with van der Waals surface area (Å²) < 4.78 is 12.2. The lowest BCUT2D eigenvalue weighted by atomic mass is 9.81. The second-order valence-electron chi connectivity index (χ2n) is 8.21. The maximum atomic E-state index is 13.0. The number of carbonyl (C=O) groups excluding carboxylic acids is 2. The molecule has 0 aromatic heterocycles. The molecule has 3 rings (SSSR count). The van der Waals surface area contributed by atoms with Crippen molar-refractivity contribution in [2.24, 2.45) is 5.92 Å². The zero-order valence-electron chi connectivity index (χ0n) is 17.2. The van der Waals surface area contributed by atoms with Crippen LogP contribution in [0.15, 0.2) is 30.3 Å². The molecule has 0 N–H and O–H groups in total. The molecule has 0 amide bonds. The molecule has 1 saturated carbocycles. The number of hydrogen-bond donors (Lipinski definition) is 0. The van der Waals surface area contributed by atoms with Gasteiger partial charge in [-0.2, -0.15) is 0 Å². The van der Waals surface area contributed by atoms with Crippen LogP contribution < -0.4 is 0 Å². The SMILES string of the molecule is CCC(=O)OC1(c2ccccc2)CCN(C)CC1OC(=O)C1CCCCCC1. The third-order valence-corrected chi connectivity index (χ3v) is 6.16. The number of benzene rings is 1. The van der Waals surface area contributed by atoms with Gasteiger partial charge in [-0.05, 0) is 25.5 Å². The van der Waals surface area contributed by atoms with Crippen molar-refractivity contribution in [2.75, 3.05) is 20.1 Å². The van der Waals surface area contributed by atoms with Gasteiger partial charge in [0.15, 0.2) is 11.7 Å².